The molecule has 0 aromatic heterocycles. The van der Waals surface area contributed by atoms with Crippen LogP contribution in [0, 0.1) is 0 Å². The molecule has 9 heteroatoms. The van der Waals surface area contributed by atoms with Crippen LogP contribution in [0.4, 0.5) is 0 Å². The van der Waals surface area contributed by atoms with E-state index < -0.39 is 35.2 Å². The molecule has 164 valence electrons. The molecule has 6 N–H and O–H groups in total. The second-order valence-electron chi connectivity index (χ2n) is 7.12. The Hall–Kier alpha value is -4.53. The largest absolute Gasteiger partial charge is 0.507 e. The second-order valence-corrected chi connectivity index (χ2v) is 7.12. The lowest BCUT2D eigenvalue weighted by molar-refractivity contribution is 0.0682. The maximum absolute atomic E-state index is 11.6. The maximum Gasteiger partial charge on any atom is 0.339 e. The van der Waals surface area contributed by atoms with Crippen molar-refractivity contribution in [1.29, 1.82) is 0 Å². The summed E-state index contributed by atoms with van der Waals surface area (Å²) in [6.45, 7) is 0. The number of hydrogen-bond donors (Lipinski definition) is 6. The summed E-state index contributed by atoms with van der Waals surface area (Å²) in [5, 5.41) is 57.6. The van der Waals surface area contributed by atoms with Gasteiger partial charge in [-0.25, -0.2) is 14.4 Å². The molecule has 0 saturated carbocycles. The van der Waals surface area contributed by atoms with Gasteiger partial charge in [0.25, 0.3) is 0 Å². The molecular weight excluding hydrogens is 420 g/mol. The molecular formula is C23H18O9. The monoisotopic (exact) mass is 438 g/mol. The number of benzene rings is 3. The fraction of sp³-hybridized carbons (Fsp3) is 0.0870. The van der Waals surface area contributed by atoms with E-state index in [0.29, 0.717) is 16.7 Å². The first-order chi connectivity index (χ1) is 15.1. The molecule has 0 aliphatic carbocycles. The summed E-state index contributed by atoms with van der Waals surface area (Å²) in [6, 6.07) is 10.6. The van der Waals surface area contributed by atoms with Crippen molar-refractivity contribution >= 4 is 17.9 Å². The highest BCUT2D eigenvalue weighted by atomic mass is 16.4. The highest BCUT2D eigenvalue weighted by molar-refractivity contribution is 5.92. The number of phenols is 3. The lowest BCUT2D eigenvalue weighted by Gasteiger charge is -2.13. The van der Waals surface area contributed by atoms with Crippen molar-refractivity contribution in [2.24, 2.45) is 0 Å². The van der Waals surface area contributed by atoms with Gasteiger partial charge < -0.3 is 30.6 Å². The van der Waals surface area contributed by atoms with Crippen molar-refractivity contribution in [2.75, 3.05) is 0 Å². The van der Waals surface area contributed by atoms with Crippen molar-refractivity contribution in [1.82, 2.24) is 0 Å². The van der Waals surface area contributed by atoms with Crippen LogP contribution in [-0.2, 0) is 12.8 Å². The Morgan fingerprint density at radius 3 is 1.47 bits per heavy atom. The van der Waals surface area contributed by atoms with Crippen LogP contribution in [0.5, 0.6) is 17.2 Å². The van der Waals surface area contributed by atoms with Crippen LogP contribution in [-0.4, -0.2) is 48.5 Å². The van der Waals surface area contributed by atoms with Crippen molar-refractivity contribution < 1.29 is 45.0 Å². The minimum absolute atomic E-state index is 0.0174. The van der Waals surface area contributed by atoms with Gasteiger partial charge in [-0.15, -0.1) is 0 Å². The molecule has 0 aliphatic rings. The zero-order valence-electron chi connectivity index (χ0n) is 16.4. The average molecular weight is 438 g/mol. The molecule has 0 saturated heterocycles. The predicted molar refractivity (Wildman–Crippen MR) is 111 cm³/mol. The Labute approximate surface area is 181 Å². The normalized spacial score (nSPS) is 10.6. The van der Waals surface area contributed by atoms with E-state index in [1.165, 1.54) is 48.5 Å². The van der Waals surface area contributed by atoms with E-state index >= 15 is 0 Å². The topological polar surface area (TPSA) is 173 Å². The van der Waals surface area contributed by atoms with Crippen LogP contribution in [0.3, 0.4) is 0 Å². The molecule has 0 unspecified atom stereocenters. The van der Waals surface area contributed by atoms with E-state index in [2.05, 4.69) is 0 Å². The lowest BCUT2D eigenvalue weighted by Crippen LogP contribution is -2.04. The highest BCUT2D eigenvalue weighted by Crippen LogP contribution is 2.30. The summed E-state index contributed by atoms with van der Waals surface area (Å²) >= 11 is 0. The molecule has 0 amide bonds. The Morgan fingerprint density at radius 2 is 1.00 bits per heavy atom. The summed E-state index contributed by atoms with van der Waals surface area (Å²) in [4.78, 5) is 34.1. The molecule has 0 fully saturated rings. The SMILES string of the molecule is O=C(O)c1cc(Cc2cc(Cc3ccc(O)c(C(=O)O)c3)c(O)c(C(=O)O)c2)ccc1O. The summed E-state index contributed by atoms with van der Waals surface area (Å²) in [7, 11) is 0. The van der Waals surface area contributed by atoms with Crippen LogP contribution in [0.15, 0.2) is 48.5 Å². The number of aromatic hydroxyl groups is 3. The van der Waals surface area contributed by atoms with Crippen molar-refractivity contribution in [3.63, 3.8) is 0 Å². The fourth-order valence-electron chi connectivity index (χ4n) is 3.34. The third-order valence-corrected chi connectivity index (χ3v) is 4.86. The lowest BCUT2D eigenvalue weighted by atomic mass is 9.94. The first-order valence-corrected chi connectivity index (χ1v) is 9.25. The molecule has 0 radical (unpaired) electrons. The highest BCUT2D eigenvalue weighted by Gasteiger charge is 2.18. The van der Waals surface area contributed by atoms with Gasteiger partial charge in [-0.05, 0) is 59.0 Å². The van der Waals surface area contributed by atoms with E-state index in [-0.39, 0.29) is 35.1 Å². The second kappa shape index (κ2) is 8.68. The molecule has 0 bridgehead atoms. The zero-order valence-corrected chi connectivity index (χ0v) is 16.4. The van der Waals surface area contributed by atoms with Crippen molar-refractivity contribution in [3.05, 3.63) is 87.5 Å². The number of rotatable bonds is 7. The van der Waals surface area contributed by atoms with Gasteiger partial charge in [0.1, 0.15) is 33.9 Å². The maximum atomic E-state index is 11.6. The molecule has 3 aromatic rings. The number of hydrogen-bond acceptors (Lipinski definition) is 6. The fourth-order valence-corrected chi connectivity index (χ4v) is 3.34. The Bertz CT molecular complexity index is 1240. The van der Waals surface area contributed by atoms with Crippen LogP contribution < -0.4 is 0 Å². The summed E-state index contributed by atoms with van der Waals surface area (Å²) in [5.74, 6) is -5.34. The average Bonchev–Trinajstić information content (AvgIpc) is 2.72. The molecule has 3 aromatic carbocycles. The van der Waals surface area contributed by atoms with E-state index in [1.54, 1.807) is 0 Å². The summed E-state index contributed by atoms with van der Waals surface area (Å²) in [6.07, 6.45) is 0.0978. The molecule has 0 aliphatic heterocycles. The van der Waals surface area contributed by atoms with Crippen LogP contribution in [0.2, 0.25) is 0 Å². The molecule has 32 heavy (non-hydrogen) atoms. The standard InChI is InChI=1S/C23H18O9/c24-18-3-1-11(8-15(18)21(27)28)5-13-7-14(20(26)17(10-13)23(31)32)6-12-2-4-19(25)16(9-12)22(29)30/h1-4,7-10,24-26H,5-6H2,(H,27,28)(H,29,30)(H,31,32). The first kappa shape index (κ1) is 22.2. The van der Waals surface area contributed by atoms with Crippen molar-refractivity contribution in [3.8, 4) is 17.2 Å². The van der Waals surface area contributed by atoms with Crippen LogP contribution in [0.1, 0.15) is 53.3 Å². The Morgan fingerprint density at radius 1 is 0.562 bits per heavy atom. The number of carboxylic acid groups (broad SMARTS) is 3. The van der Waals surface area contributed by atoms with Gasteiger partial charge in [-0.1, -0.05) is 18.2 Å². The molecule has 9 nitrogen and oxygen atoms in total. The smallest absolute Gasteiger partial charge is 0.339 e. The van der Waals surface area contributed by atoms with Gasteiger partial charge >= 0.3 is 17.9 Å². The quantitative estimate of drug-likeness (QED) is 0.324. The molecule has 0 atom stereocenters. The number of aromatic carboxylic acids is 3. The van der Waals surface area contributed by atoms with E-state index in [1.807, 2.05) is 0 Å². The van der Waals surface area contributed by atoms with E-state index in [4.69, 9.17) is 5.11 Å². The van der Waals surface area contributed by atoms with Gasteiger partial charge in [-0.3, -0.25) is 0 Å². The molecule has 0 heterocycles. The van der Waals surface area contributed by atoms with Gasteiger partial charge in [0.2, 0.25) is 0 Å². The first-order valence-electron chi connectivity index (χ1n) is 9.25. The van der Waals surface area contributed by atoms with Crippen molar-refractivity contribution in [2.45, 2.75) is 12.8 Å². The van der Waals surface area contributed by atoms with Crippen LogP contribution >= 0.6 is 0 Å². The minimum atomic E-state index is -1.38. The van der Waals surface area contributed by atoms with Gasteiger partial charge in [0.15, 0.2) is 0 Å². The Kier molecular flexibility index (Phi) is 6.01. The van der Waals surface area contributed by atoms with E-state index in [0.717, 1.165) is 0 Å². The number of carbonyl (C=O) groups is 3. The summed E-state index contributed by atoms with van der Waals surface area (Å²) in [5.41, 5.74) is 0.570. The third-order valence-electron chi connectivity index (χ3n) is 4.86. The van der Waals surface area contributed by atoms with Gasteiger partial charge in [0.05, 0.1) is 0 Å². The molecule has 0 spiro atoms. The van der Waals surface area contributed by atoms with Crippen LogP contribution in [0.25, 0.3) is 0 Å². The van der Waals surface area contributed by atoms with E-state index in [9.17, 15) is 39.9 Å². The van der Waals surface area contributed by atoms with Gasteiger partial charge in [0, 0.05) is 6.42 Å². The van der Waals surface area contributed by atoms with Gasteiger partial charge in [-0.2, -0.15) is 0 Å². The summed E-state index contributed by atoms with van der Waals surface area (Å²) < 4.78 is 0. The Balaban J connectivity index is 2.02. The molecule has 3 rings (SSSR count). The predicted octanol–water partition coefficient (Wildman–Crippen LogP) is 3.08. The minimum Gasteiger partial charge on any atom is -0.507 e. The zero-order chi connectivity index (χ0) is 23.6. The third kappa shape index (κ3) is 4.62. The number of carboxylic acids is 3.